The minimum atomic E-state index is -0.141. The van der Waals surface area contributed by atoms with Gasteiger partial charge in [0.1, 0.15) is 6.17 Å². The van der Waals surface area contributed by atoms with Gasteiger partial charge < -0.3 is 10.2 Å². The van der Waals surface area contributed by atoms with Gasteiger partial charge in [-0.2, -0.15) is 0 Å². The number of rotatable bonds is 10. The summed E-state index contributed by atoms with van der Waals surface area (Å²) in [7, 11) is 6.48. The van der Waals surface area contributed by atoms with Crippen molar-refractivity contribution in [2.75, 3.05) is 40.8 Å². The Bertz CT molecular complexity index is 554. The van der Waals surface area contributed by atoms with E-state index in [1.54, 1.807) is 0 Å². The number of carbonyl (C=O) groups is 1. The Hall–Kier alpha value is -0.310. The molecule has 4 N–H and O–H groups in total. The predicted molar refractivity (Wildman–Crippen MR) is 131 cm³/mol. The maximum absolute atomic E-state index is 12.9. The van der Waals surface area contributed by atoms with E-state index < -0.39 is 0 Å². The van der Waals surface area contributed by atoms with Gasteiger partial charge in [-0.25, -0.2) is 10.1 Å². The van der Waals surface area contributed by atoms with Crippen molar-refractivity contribution in [3.05, 3.63) is 0 Å². The van der Waals surface area contributed by atoms with Crippen molar-refractivity contribution >= 4 is 29.2 Å². The lowest BCUT2D eigenvalue weighted by atomic mass is 9.94. The molecule has 2 aliphatic rings. The van der Waals surface area contributed by atoms with E-state index in [-0.39, 0.29) is 29.1 Å². The van der Waals surface area contributed by atoms with Gasteiger partial charge in [0.05, 0.1) is 24.3 Å². The van der Waals surface area contributed by atoms with E-state index in [0.29, 0.717) is 12.2 Å². The second-order valence-electron chi connectivity index (χ2n) is 9.92. The van der Waals surface area contributed by atoms with E-state index in [1.807, 2.05) is 0 Å². The first-order chi connectivity index (χ1) is 14.7. The molecule has 1 heterocycles. The Morgan fingerprint density at radius 3 is 2.52 bits per heavy atom. The molecule has 7 nitrogen and oxygen atoms in total. The minimum absolute atomic E-state index is 0.00281. The van der Waals surface area contributed by atoms with Crippen molar-refractivity contribution < 1.29 is 9.28 Å². The van der Waals surface area contributed by atoms with Crippen molar-refractivity contribution in [1.82, 2.24) is 26.2 Å². The average molecular weight is 481 g/mol. The Kier molecular flexibility index (Phi) is 11.1. The Labute approximate surface area is 199 Å². The smallest absolute Gasteiger partial charge is 0.320 e. The topological polar surface area (TPSA) is 68.4 Å². The molecule has 1 aliphatic heterocycles. The van der Waals surface area contributed by atoms with Crippen LogP contribution in [0.25, 0.3) is 0 Å². The van der Waals surface area contributed by atoms with E-state index in [9.17, 15) is 4.79 Å². The summed E-state index contributed by atoms with van der Waals surface area (Å²) < 4.78 is 0.750. The molecule has 1 saturated carbocycles. The quantitative estimate of drug-likeness (QED) is 0.221. The third kappa shape index (κ3) is 8.20. The Morgan fingerprint density at radius 2 is 1.87 bits per heavy atom. The van der Waals surface area contributed by atoms with Crippen LogP contribution < -0.4 is 21.3 Å². The molecule has 182 valence electrons. The van der Waals surface area contributed by atoms with Crippen LogP contribution in [0, 0.1) is 0 Å². The van der Waals surface area contributed by atoms with Crippen molar-refractivity contribution in [1.29, 1.82) is 0 Å². The van der Waals surface area contributed by atoms with Crippen LogP contribution in [0.4, 0.5) is 4.79 Å². The van der Waals surface area contributed by atoms with Gasteiger partial charge in [0.15, 0.2) is 0 Å². The lowest BCUT2D eigenvalue weighted by molar-refractivity contribution is -0.970. The summed E-state index contributed by atoms with van der Waals surface area (Å²) in [5.41, 5.74) is 0. The third-order valence-electron chi connectivity index (χ3n) is 6.77. The van der Waals surface area contributed by atoms with Gasteiger partial charge in [-0.05, 0) is 59.7 Å². The molecule has 0 aromatic carbocycles. The molecule has 0 aromatic rings. The third-order valence-corrected chi connectivity index (χ3v) is 7.91. The first-order valence-corrected chi connectivity index (χ1v) is 12.9. The lowest BCUT2D eigenvalue weighted by Gasteiger charge is -2.52. The highest BCUT2D eigenvalue weighted by molar-refractivity contribution is 6.30. The fraction of sp³-hybridized carbons (Fsp3) is 0.955. The summed E-state index contributed by atoms with van der Waals surface area (Å²) in [4.78, 5) is 15.1. The molecule has 0 spiro atoms. The number of nitrogens with zero attached hydrogens (tertiary/aromatic N) is 2. The van der Waals surface area contributed by atoms with Crippen molar-refractivity contribution in [2.24, 2.45) is 0 Å². The molecule has 7 atom stereocenters. The van der Waals surface area contributed by atoms with Crippen LogP contribution in [0.3, 0.4) is 0 Å². The molecule has 2 fully saturated rings. The van der Waals surface area contributed by atoms with Crippen LogP contribution in [0.5, 0.6) is 0 Å². The van der Waals surface area contributed by atoms with E-state index >= 15 is 0 Å². The summed E-state index contributed by atoms with van der Waals surface area (Å²) in [5, 5.41) is 13.7. The van der Waals surface area contributed by atoms with Crippen molar-refractivity contribution in [3.8, 4) is 0 Å². The fourth-order valence-electron chi connectivity index (χ4n) is 4.75. The highest BCUT2D eigenvalue weighted by atomic mass is 35.5. The van der Waals surface area contributed by atoms with Crippen molar-refractivity contribution in [2.45, 2.75) is 94.1 Å². The molecule has 0 bridgehead atoms. The van der Waals surface area contributed by atoms with Crippen LogP contribution in [-0.2, 0) is 0 Å². The highest BCUT2D eigenvalue weighted by Gasteiger charge is 2.46. The van der Waals surface area contributed by atoms with Gasteiger partial charge in [-0.15, -0.1) is 23.2 Å². The second kappa shape index (κ2) is 12.8. The van der Waals surface area contributed by atoms with E-state index in [1.165, 1.54) is 0 Å². The molecule has 1 aliphatic carbocycles. The lowest BCUT2D eigenvalue weighted by Crippen LogP contribution is -2.78. The number of amides is 2. The Morgan fingerprint density at radius 1 is 1.13 bits per heavy atom. The van der Waals surface area contributed by atoms with Gasteiger partial charge in [-0.3, -0.25) is 15.1 Å². The zero-order chi connectivity index (χ0) is 23.0. The van der Waals surface area contributed by atoms with E-state index in [2.05, 4.69) is 61.2 Å². The van der Waals surface area contributed by atoms with Gasteiger partial charge in [0.2, 0.25) is 6.29 Å². The summed E-state index contributed by atoms with van der Waals surface area (Å²) in [6.07, 6.45) is 6.99. The largest absolute Gasteiger partial charge is 0.335 e. The van der Waals surface area contributed by atoms with Gasteiger partial charge >= 0.3 is 6.03 Å². The van der Waals surface area contributed by atoms with Crippen LogP contribution >= 0.6 is 23.2 Å². The average Bonchev–Trinajstić information content (AvgIpc) is 2.69. The molecule has 1 saturated heterocycles. The van der Waals surface area contributed by atoms with Gasteiger partial charge in [-0.1, -0.05) is 13.3 Å². The summed E-state index contributed by atoms with van der Waals surface area (Å²) in [6.45, 7) is 7.48. The second-order valence-corrected chi connectivity index (χ2v) is 11.0. The van der Waals surface area contributed by atoms with Crippen molar-refractivity contribution in [3.63, 3.8) is 0 Å². The maximum atomic E-state index is 12.9. The minimum Gasteiger partial charge on any atom is -0.335 e. The predicted octanol–water partition coefficient (Wildman–Crippen LogP) is 2.83. The standard InChI is InChI=1S/C22H44Cl2N6O/c1-6-7-13-30(5)20(25-11-8-12-29(3)4)14-16(2)26-21(30)28-22(31)27-17-9-10-18(23)19(24)15-17/h16-21,25-26H,6-15H2,1-5H3,(H-,27,28,31)/p+1. The van der Waals surface area contributed by atoms with Gasteiger partial charge in [0.25, 0.3) is 0 Å². The van der Waals surface area contributed by atoms with Crippen LogP contribution in [-0.4, -0.2) is 91.5 Å². The zero-order valence-electron chi connectivity index (χ0n) is 20.1. The highest BCUT2D eigenvalue weighted by Crippen LogP contribution is 2.28. The Balaban J connectivity index is 2.00. The van der Waals surface area contributed by atoms with Crippen LogP contribution in [0.15, 0.2) is 0 Å². The summed E-state index contributed by atoms with van der Waals surface area (Å²) >= 11 is 12.6. The SMILES string of the molecule is CCCC[N+]1(C)C(NCCCN(C)C)CC(C)NC1NC(=O)NC1CCC(Cl)C(Cl)C1. The fourth-order valence-corrected chi connectivity index (χ4v) is 5.32. The summed E-state index contributed by atoms with van der Waals surface area (Å²) in [5.74, 6) is 0. The van der Waals surface area contributed by atoms with Crippen LogP contribution in [0.1, 0.15) is 58.8 Å². The summed E-state index contributed by atoms with van der Waals surface area (Å²) in [6, 6.07) is 0.275. The molecule has 0 aromatic heterocycles. The molecular formula is C22H45Cl2N6O+. The first kappa shape index (κ1) is 26.9. The number of hydrogen-bond acceptors (Lipinski definition) is 4. The molecule has 9 heteroatoms. The monoisotopic (exact) mass is 479 g/mol. The zero-order valence-corrected chi connectivity index (χ0v) is 21.6. The molecule has 2 amide bonds. The normalized spacial score (nSPS) is 36.4. The maximum Gasteiger partial charge on any atom is 0.320 e. The molecule has 31 heavy (non-hydrogen) atoms. The van der Waals surface area contributed by atoms with E-state index in [0.717, 1.165) is 69.1 Å². The molecule has 2 rings (SSSR count). The van der Waals surface area contributed by atoms with E-state index in [4.69, 9.17) is 23.2 Å². The number of unbranched alkanes of at least 4 members (excludes halogenated alkanes) is 1. The number of carbonyl (C=O) groups excluding carboxylic acids is 1. The number of nitrogens with one attached hydrogen (secondary N) is 4. The number of alkyl halides is 2. The molecular weight excluding hydrogens is 435 g/mol. The number of urea groups is 1. The van der Waals surface area contributed by atoms with Crippen LogP contribution in [0.2, 0.25) is 0 Å². The number of halogens is 2. The molecule has 7 unspecified atom stereocenters. The molecule has 0 radical (unpaired) electrons. The van der Waals surface area contributed by atoms with Gasteiger partial charge in [0, 0.05) is 25.0 Å². The first-order valence-electron chi connectivity index (χ1n) is 12.0. The number of hydrogen-bond donors (Lipinski definition) is 4. The number of quaternary nitrogens is 1.